The average Bonchev–Trinajstić information content (AvgIpc) is 3.77. The van der Waals surface area contributed by atoms with Crippen molar-refractivity contribution in [1.82, 2.24) is 33.9 Å². The van der Waals surface area contributed by atoms with Crippen molar-refractivity contribution in [2.24, 2.45) is 13.0 Å². The van der Waals surface area contributed by atoms with E-state index in [1.165, 1.54) is 22.2 Å². The van der Waals surface area contributed by atoms with Gasteiger partial charge in [-0.15, -0.1) is 11.3 Å². The maximum absolute atomic E-state index is 14.1. The minimum absolute atomic E-state index is 0.0334. The number of rotatable bonds is 7. The van der Waals surface area contributed by atoms with Crippen molar-refractivity contribution in [3.63, 3.8) is 0 Å². The van der Waals surface area contributed by atoms with Gasteiger partial charge in [0.05, 0.1) is 29.5 Å². The van der Waals surface area contributed by atoms with Crippen LogP contribution in [0, 0.1) is 5.92 Å². The van der Waals surface area contributed by atoms with Crippen molar-refractivity contribution in [3.8, 4) is 16.3 Å². The summed E-state index contributed by atoms with van der Waals surface area (Å²) >= 11 is 1.32. The van der Waals surface area contributed by atoms with Crippen LogP contribution in [0.15, 0.2) is 78.2 Å². The molecule has 1 N–H and O–H groups in total. The highest BCUT2D eigenvalue weighted by atomic mass is 32.1. The van der Waals surface area contributed by atoms with Gasteiger partial charge in [-0.2, -0.15) is 0 Å². The Bertz CT molecular complexity index is 2000. The van der Waals surface area contributed by atoms with E-state index in [1.807, 2.05) is 48.3 Å². The van der Waals surface area contributed by atoms with Gasteiger partial charge in [0.2, 0.25) is 11.8 Å². The van der Waals surface area contributed by atoms with Gasteiger partial charge in [-0.25, -0.2) is 15.0 Å². The first kappa shape index (κ1) is 31.7. The van der Waals surface area contributed by atoms with Gasteiger partial charge in [-0.05, 0) is 37.0 Å². The second-order valence-electron chi connectivity index (χ2n) is 12.7. The molecule has 5 aromatic rings. The van der Waals surface area contributed by atoms with Gasteiger partial charge in [-0.3, -0.25) is 19.0 Å². The van der Waals surface area contributed by atoms with Crippen LogP contribution in [0.1, 0.15) is 40.5 Å². The third kappa shape index (κ3) is 6.11. The fourth-order valence-corrected chi connectivity index (χ4v) is 7.78. The lowest BCUT2D eigenvalue weighted by Crippen LogP contribution is -2.53. The number of ether oxygens (including phenoxy) is 1. The first-order valence-electron chi connectivity index (χ1n) is 16.0. The number of hydrogen-bond donors (Lipinski definition) is 1. The summed E-state index contributed by atoms with van der Waals surface area (Å²) < 4.78 is 8.41. The number of piperidine rings is 2. The van der Waals surface area contributed by atoms with Crippen LogP contribution in [0.25, 0.3) is 21.5 Å². The number of aliphatic hydroxyl groups is 1. The van der Waals surface area contributed by atoms with Crippen molar-refractivity contribution in [2.75, 3.05) is 33.3 Å². The zero-order valence-corrected chi connectivity index (χ0v) is 27.7. The maximum atomic E-state index is 14.1. The Morgan fingerprint density at radius 1 is 1.00 bits per heavy atom. The molecule has 7 rings (SSSR count). The zero-order valence-electron chi connectivity index (χ0n) is 26.9. The van der Waals surface area contributed by atoms with Crippen LogP contribution in [0.2, 0.25) is 0 Å². The molecule has 0 saturated carbocycles. The largest absolute Gasteiger partial charge is 0.481 e. The van der Waals surface area contributed by atoms with Crippen molar-refractivity contribution in [3.05, 3.63) is 94.4 Å². The van der Waals surface area contributed by atoms with E-state index in [0.29, 0.717) is 67.4 Å². The third-order valence-corrected chi connectivity index (χ3v) is 10.7. The standard InChI is InChI=1S/C35H37N7O5S/c1-39-14-10-26-30(39)38-22-42(33(26)44)21-35(46)12-16-40(17-13-35)32(43)25-11-15-41(20-27(25)23-6-4-3-5-7-23)34(45)31-37-19-28(48-31)24-8-9-29(47-2)36-18-24/h3-10,14,18-19,22,25,27,46H,11-13,15-17,20-21H2,1-2H3/t25-,27+/m1/s1. The molecule has 12 nitrogen and oxygen atoms in total. The van der Waals surface area contributed by atoms with Crippen LogP contribution < -0.4 is 10.3 Å². The SMILES string of the molecule is COc1ccc(-c2cnc(C(=O)N3CC[C@@H](C(=O)N4CCC(O)(Cn5cnc6c(ccn6C)c5=O)CC4)[C@H](c4ccccc4)C3)s2)cn1. The molecule has 4 aromatic heterocycles. The van der Waals surface area contributed by atoms with Crippen molar-refractivity contribution in [2.45, 2.75) is 37.3 Å². The Hall–Kier alpha value is -4.88. The number of carbonyl (C=O) groups is 2. The average molecular weight is 668 g/mol. The number of likely N-dealkylation sites (tertiary alicyclic amines) is 2. The lowest BCUT2D eigenvalue weighted by atomic mass is 9.79. The van der Waals surface area contributed by atoms with Gasteiger partial charge in [0, 0.05) is 75.3 Å². The summed E-state index contributed by atoms with van der Waals surface area (Å²) in [7, 11) is 3.40. The van der Waals surface area contributed by atoms with Crippen LogP contribution in [0.3, 0.4) is 0 Å². The predicted molar refractivity (Wildman–Crippen MR) is 181 cm³/mol. The number of aromatic nitrogens is 5. The van der Waals surface area contributed by atoms with E-state index in [1.54, 1.807) is 47.3 Å². The number of hydrogen-bond acceptors (Lipinski definition) is 9. The smallest absolute Gasteiger partial charge is 0.282 e. The van der Waals surface area contributed by atoms with Crippen LogP contribution in [-0.2, 0) is 18.4 Å². The van der Waals surface area contributed by atoms with E-state index < -0.39 is 5.60 Å². The molecular formula is C35H37N7O5S. The first-order chi connectivity index (χ1) is 23.2. The minimum atomic E-state index is -1.13. The van der Waals surface area contributed by atoms with Gasteiger partial charge in [0.1, 0.15) is 12.0 Å². The molecule has 2 atom stereocenters. The highest BCUT2D eigenvalue weighted by Gasteiger charge is 2.42. The number of nitrogens with zero attached hydrogens (tertiary/aromatic N) is 7. The van der Waals surface area contributed by atoms with E-state index in [0.717, 1.165) is 16.0 Å². The topological polar surface area (TPSA) is 136 Å². The Labute approximate surface area is 281 Å². The van der Waals surface area contributed by atoms with E-state index in [9.17, 15) is 19.5 Å². The molecule has 2 aliphatic rings. The summed E-state index contributed by atoms with van der Waals surface area (Å²) in [5.74, 6) is -0.108. The number of benzene rings is 1. The summed E-state index contributed by atoms with van der Waals surface area (Å²) in [5, 5.41) is 12.4. The minimum Gasteiger partial charge on any atom is -0.481 e. The molecule has 2 fully saturated rings. The van der Waals surface area contributed by atoms with Crippen molar-refractivity contribution >= 4 is 34.2 Å². The lowest BCUT2D eigenvalue weighted by Gasteiger charge is -2.43. The fourth-order valence-electron chi connectivity index (χ4n) is 6.90. The summed E-state index contributed by atoms with van der Waals surface area (Å²) in [6.45, 7) is 1.72. The van der Waals surface area contributed by atoms with Crippen LogP contribution in [-0.4, -0.2) is 89.7 Å². The molecule has 0 bridgehead atoms. The quantitative estimate of drug-likeness (QED) is 0.279. The zero-order chi connectivity index (χ0) is 33.4. The van der Waals surface area contributed by atoms with E-state index in [2.05, 4.69) is 15.0 Å². The summed E-state index contributed by atoms with van der Waals surface area (Å²) in [6, 6.07) is 15.3. The molecule has 6 heterocycles. The van der Waals surface area contributed by atoms with E-state index in [4.69, 9.17) is 4.74 Å². The first-order valence-corrected chi connectivity index (χ1v) is 16.9. The number of pyridine rings is 1. The normalized spacial score (nSPS) is 19.4. The van der Waals surface area contributed by atoms with E-state index in [-0.39, 0.29) is 35.8 Å². The summed E-state index contributed by atoms with van der Waals surface area (Å²) in [6.07, 6.45) is 7.89. The number of amides is 2. The van der Waals surface area contributed by atoms with Crippen molar-refractivity contribution < 1.29 is 19.4 Å². The van der Waals surface area contributed by atoms with Gasteiger partial charge >= 0.3 is 0 Å². The molecular weight excluding hydrogens is 630 g/mol. The highest BCUT2D eigenvalue weighted by molar-refractivity contribution is 7.16. The number of aryl methyl sites for hydroxylation is 1. The lowest BCUT2D eigenvalue weighted by molar-refractivity contribution is -0.142. The maximum Gasteiger partial charge on any atom is 0.282 e. The van der Waals surface area contributed by atoms with Crippen LogP contribution >= 0.6 is 11.3 Å². The number of thiazole rings is 1. The van der Waals surface area contributed by atoms with Gasteiger partial charge in [-0.1, -0.05) is 30.3 Å². The van der Waals surface area contributed by atoms with Crippen LogP contribution in [0.4, 0.5) is 0 Å². The Balaban J connectivity index is 1.03. The van der Waals surface area contributed by atoms with E-state index >= 15 is 0 Å². The number of methoxy groups -OCH3 is 1. The fraction of sp³-hybridized carbons (Fsp3) is 0.371. The Morgan fingerprint density at radius 3 is 2.52 bits per heavy atom. The highest BCUT2D eigenvalue weighted by Crippen LogP contribution is 2.37. The second-order valence-corrected chi connectivity index (χ2v) is 13.7. The van der Waals surface area contributed by atoms with Crippen molar-refractivity contribution in [1.29, 1.82) is 0 Å². The molecule has 0 aliphatic carbocycles. The monoisotopic (exact) mass is 667 g/mol. The van der Waals surface area contributed by atoms with Crippen LogP contribution in [0.5, 0.6) is 5.88 Å². The molecule has 0 spiro atoms. The Morgan fingerprint density at radius 2 is 1.79 bits per heavy atom. The molecule has 2 saturated heterocycles. The molecule has 13 heteroatoms. The van der Waals surface area contributed by atoms with Gasteiger partial charge < -0.3 is 24.2 Å². The molecule has 0 unspecified atom stereocenters. The molecule has 2 amide bonds. The number of fused-ring (bicyclic) bond motifs is 1. The Kier molecular flexibility index (Phi) is 8.56. The molecule has 2 aliphatic heterocycles. The molecule has 1 aromatic carbocycles. The predicted octanol–water partition coefficient (Wildman–Crippen LogP) is 3.56. The second kappa shape index (κ2) is 13.0. The molecule has 0 radical (unpaired) electrons. The number of carbonyl (C=O) groups excluding carboxylic acids is 2. The summed E-state index contributed by atoms with van der Waals surface area (Å²) in [4.78, 5) is 58.5. The third-order valence-electron chi connectivity index (χ3n) is 9.68. The van der Waals surface area contributed by atoms with Gasteiger partial charge in [0.15, 0.2) is 5.01 Å². The van der Waals surface area contributed by atoms with Gasteiger partial charge in [0.25, 0.3) is 11.5 Å². The summed E-state index contributed by atoms with van der Waals surface area (Å²) in [5.41, 5.74) is 1.15. The molecule has 248 valence electrons. The molecule has 48 heavy (non-hydrogen) atoms.